The van der Waals surface area contributed by atoms with Gasteiger partial charge in [-0.1, -0.05) is 72.8 Å². The van der Waals surface area contributed by atoms with Crippen LogP contribution in [0.15, 0.2) is 138 Å². The number of hydrogen-bond acceptors (Lipinski definition) is 2. The van der Waals surface area contributed by atoms with Crippen LogP contribution in [0.2, 0.25) is 0 Å². The molecule has 0 N–H and O–H groups in total. The van der Waals surface area contributed by atoms with Crippen LogP contribution >= 0.6 is 22.7 Å². The van der Waals surface area contributed by atoms with E-state index in [-0.39, 0.29) is 0 Å². The molecule has 0 saturated carbocycles. The highest BCUT2D eigenvalue weighted by molar-refractivity contribution is 7.13. The minimum Gasteiger partial charge on any atom is -0.310 e. The molecule has 0 bridgehead atoms. The number of para-hydroxylation sites is 2. The summed E-state index contributed by atoms with van der Waals surface area (Å²) in [6.07, 6.45) is 4.60. The van der Waals surface area contributed by atoms with Gasteiger partial charge >= 0.3 is 0 Å². The third-order valence-electron chi connectivity index (χ3n) is 10.5. The number of aromatic nitrogens is 2. The zero-order valence-electron chi connectivity index (χ0n) is 28.0. The minimum atomic E-state index is 1.07. The van der Waals surface area contributed by atoms with Gasteiger partial charge in [0, 0.05) is 37.3 Å². The number of hydrogen-bond donors (Lipinski definition) is 0. The predicted octanol–water partition coefficient (Wildman–Crippen LogP) is 13.3. The van der Waals surface area contributed by atoms with Crippen molar-refractivity contribution < 1.29 is 0 Å². The second-order valence-electron chi connectivity index (χ2n) is 13.4. The topological polar surface area (TPSA) is 9.86 Å². The van der Waals surface area contributed by atoms with Gasteiger partial charge < -0.3 is 9.13 Å². The van der Waals surface area contributed by atoms with Gasteiger partial charge in [0.25, 0.3) is 0 Å². The van der Waals surface area contributed by atoms with Gasteiger partial charge in [-0.05, 0) is 137 Å². The molecule has 4 heterocycles. The number of allylic oxidation sites excluding steroid dienone is 1. The predicted molar refractivity (Wildman–Crippen MR) is 216 cm³/mol. The Kier molecular flexibility index (Phi) is 6.83. The minimum absolute atomic E-state index is 1.07. The van der Waals surface area contributed by atoms with Crippen LogP contribution in [-0.4, -0.2) is 9.13 Å². The lowest BCUT2D eigenvalue weighted by Crippen LogP contribution is -2.03. The van der Waals surface area contributed by atoms with Crippen molar-refractivity contribution in [2.45, 2.75) is 26.7 Å². The van der Waals surface area contributed by atoms with Crippen molar-refractivity contribution in [3.05, 3.63) is 165 Å². The number of thiophene rings is 2. The summed E-state index contributed by atoms with van der Waals surface area (Å²) in [5.74, 6) is 0. The normalized spacial score (nSPS) is 13.0. The van der Waals surface area contributed by atoms with Crippen LogP contribution in [0.1, 0.15) is 33.7 Å². The molecule has 0 unspecified atom stereocenters. The van der Waals surface area contributed by atoms with Crippen LogP contribution in [0, 0.1) is 13.8 Å². The fourth-order valence-electron chi connectivity index (χ4n) is 8.06. The number of aryl methyl sites for hydroxylation is 3. The van der Waals surface area contributed by atoms with Crippen LogP contribution in [0.5, 0.6) is 0 Å². The maximum Gasteiger partial charge on any atom is 0.0547 e. The summed E-state index contributed by atoms with van der Waals surface area (Å²) < 4.78 is 4.89. The summed E-state index contributed by atoms with van der Waals surface area (Å²) in [5, 5.41) is 8.33. The fourth-order valence-corrected chi connectivity index (χ4v) is 9.96. The van der Waals surface area contributed by atoms with Gasteiger partial charge in [-0.25, -0.2) is 0 Å². The lowest BCUT2D eigenvalue weighted by atomic mass is 9.93. The largest absolute Gasteiger partial charge is 0.310 e. The van der Waals surface area contributed by atoms with E-state index in [4.69, 9.17) is 0 Å². The van der Waals surface area contributed by atoms with Crippen LogP contribution in [0.4, 0.5) is 0 Å². The molecule has 0 aliphatic heterocycles. The molecule has 9 aromatic rings. The highest BCUT2D eigenvalue weighted by atomic mass is 32.1. The molecule has 1 aliphatic rings. The maximum absolute atomic E-state index is 2.47. The van der Waals surface area contributed by atoms with Gasteiger partial charge in [0.2, 0.25) is 0 Å². The SMILES string of the molecule is Cc1ccsc1C1=Cc2c(c3ccccc3n2-c2ccc(-c3ccc(-n4c5ccccc5c5ccc(-c6sccc6C)cc54)cc3)cc2)CC1. The third kappa shape index (κ3) is 4.59. The van der Waals surface area contributed by atoms with Crippen molar-refractivity contribution in [3.8, 4) is 32.9 Å². The number of rotatable bonds is 5. The van der Waals surface area contributed by atoms with E-state index in [2.05, 4.69) is 167 Å². The first-order valence-corrected chi connectivity index (χ1v) is 19.0. The van der Waals surface area contributed by atoms with Crippen LogP contribution in [0.3, 0.4) is 0 Å². The van der Waals surface area contributed by atoms with Crippen LogP contribution in [0.25, 0.3) is 77.3 Å². The zero-order chi connectivity index (χ0) is 33.3. The van der Waals surface area contributed by atoms with Crippen molar-refractivity contribution in [2.24, 2.45) is 0 Å². The maximum atomic E-state index is 2.47. The Morgan fingerprint density at radius 1 is 0.480 bits per heavy atom. The molecular formula is C46H34N2S2. The van der Waals surface area contributed by atoms with Gasteiger partial charge in [-0.2, -0.15) is 0 Å². The van der Waals surface area contributed by atoms with E-state index >= 15 is 0 Å². The Bertz CT molecular complexity index is 2760. The molecule has 1 aliphatic carbocycles. The van der Waals surface area contributed by atoms with Crippen molar-refractivity contribution in [1.82, 2.24) is 9.13 Å². The Morgan fingerprint density at radius 3 is 1.70 bits per heavy atom. The molecular weight excluding hydrogens is 645 g/mol. The average molecular weight is 679 g/mol. The lowest BCUT2D eigenvalue weighted by molar-refractivity contribution is 0.982. The van der Waals surface area contributed by atoms with Crippen molar-refractivity contribution in [3.63, 3.8) is 0 Å². The Balaban J connectivity index is 1.03. The van der Waals surface area contributed by atoms with E-state index in [0.29, 0.717) is 0 Å². The molecule has 2 nitrogen and oxygen atoms in total. The molecule has 0 amide bonds. The number of nitrogens with zero attached hydrogens (tertiary/aromatic N) is 2. The summed E-state index contributed by atoms with van der Waals surface area (Å²) in [5.41, 5.74) is 16.8. The summed E-state index contributed by atoms with van der Waals surface area (Å²) in [7, 11) is 0. The molecule has 50 heavy (non-hydrogen) atoms. The average Bonchev–Trinajstić information content (AvgIpc) is 3.94. The highest BCUT2D eigenvalue weighted by Gasteiger charge is 2.22. The highest BCUT2D eigenvalue weighted by Crippen LogP contribution is 2.41. The number of benzene rings is 5. The molecule has 0 saturated heterocycles. The van der Waals surface area contributed by atoms with Gasteiger partial charge in [0.05, 0.1) is 22.2 Å². The third-order valence-corrected chi connectivity index (χ3v) is 12.7. The first kappa shape index (κ1) is 29.5. The molecule has 0 fully saturated rings. The smallest absolute Gasteiger partial charge is 0.0547 e. The Hall–Kier alpha value is -5.42. The molecule has 4 aromatic heterocycles. The van der Waals surface area contributed by atoms with Gasteiger partial charge in [0.1, 0.15) is 0 Å². The molecule has 0 radical (unpaired) electrons. The lowest BCUT2D eigenvalue weighted by Gasteiger charge is -2.17. The van der Waals surface area contributed by atoms with Crippen molar-refractivity contribution in [2.75, 3.05) is 0 Å². The monoisotopic (exact) mass is 678 g/mol. The van der Waals surface area contributed by atoms with Gasteiger partial charge in [-0.3, -0.25) is 0 Å². The van der Waals surface area contributed by atoms with Crippen LogP contribution < -0.4 is 0 Å². The molecule has 4 heteroatoms. The number of fused-ring (bicyclic) bond motifs is 6. The summed E-state index contributed by atoms with van der Waals surface area (Å²) >= 11 is 3.67. The zero-order valence-corrected chi connectivity index (χ0v) is 29.6. The van der Waals surface area contributed by atoms with E-state index in [0.717, 1.165) is 12.8 Å². The first-order valence-electron chi connectivity index (χ1n) is 17.3. The first-order chi connectivity index (χ1) is 24.6. The van der Waals surface area contributed by atoms with E-state index in [9.17, 15) is 0 Å². The summed E-state index contributed by atoms with van der Waals surface area (Å²) in [6.45, 7) is 4.43. The van der Waals surface area contributed by atoms with E-state index in [1.165, 1.54) is 98.5 Å². The Labute approximate surface area is 299 Å². The molecule has 5 aromatic carbocycles. The molecule has 0 atom stereocenters. The van der Waals surface area contributed by atoms with E-state index < -0.39 is 0 Å². The van der Waals surface area contributed by atoms with Gasteiger partial charge in [0.15, 0.2) is 0 Å². The molecule has 240 valence electrons. The quantitative estimate of drug-likeness (QED) is 0.171. The second-order valence-corrected chi connectivity index (χ2v) is 15.3. The second kappa shape index (κ2) is 11.6. The molecule has 0 spiro atoms. The van der Waals surface area contributed by atoms with Crippen molar-refractivity contribution in [1.29, 1.82) is 0 Å². The summed E-state index contributed by atoms with van der Waals surface area (Å²) in [4.78, 5) is 2.76. The standard InChI is InChI=1S/C46H34N2S2/c1-29-23-25-49-45(29)33-15-21-39-37-7-3-5-9-41(37)47(43(39)27-33)35-17-11-31(12-18-35)32-13-19-36(20-14-32)48-42-10-6-4-8-38(42)40-22-16-34(28-44(40)48)46-30(2)24-26-50-46/h3-15,17-21,23-28H,16,22H2,1-2H3. The summed E-state index contributed by atoms with van der Waals surface area (Å²) in [6, 6.07) is 47.2. The fraction of sp³-hybridized carbons (Fsp3) is 0.0870. The van der Waals surface area contributed by atoms with Crippen LogP contribution in [-0.2, 0) is 6.42 Å². The van der Waals surface area contributed by atoms with E-state index in [1.807, 2.05) is 22.7 Å². The molecule has 10 rings (SSSR count). The Morgan fingerprint density at radius 2 is 1.04 bits per heavy atom. The van der Waals surface area contributed by atoms with Crippen molar-refractivity contribution >= 4 is 67.0 Å². The van der Waals surface area contributed by atoms with E-state index in [1.54, 1.807) is 0 Å². The van der Waals surface area contributed by atoms with Gasteiger partial charge in [-0.15, -0.1) is 22.7 Å².